The second kappa shape index (κ2) is 10.0. The number of hydrogen-bond acceptors (Lipinski definition) is 0. The molecule has 0 bridgehead atoms. The third-order valence-corrected chi connectivity index (χ3v) is 8.80. The standard InChI is InChI=1S/C42H30/c1-2-28-15-17-31(18-16-28)34-23-24-39-40(27-34)42(36-22-20-30-10-4-6-12-33(30)26-36)38-14-8-7-13-37(38)41(39)35-21-19-29-9-3-5-11-32(29)25-35/h3-27H,2H2,1H3. The molecule has 0 spiro atoms. The van der Waals surface area contributed by atoms with E-state index in [1.54, 1.807) is 0 Å². The van der Waals surface area contributed by atoms with Gasteiger partial charge in [-0.25, -0.2) is 0 Å². The van der Waals surface area contributed by atoms with Crippen LogP contribution in [0.25, 0.3) is 76.5 Å². The summed E-state index contributed by atoms with van der Waals surface area (Å²) in [6.07, 6.45) is 1.05. The monoisotopic (exact) mass is 534 g/mol. The highest BCUT2D eigenvalue weighted by Crippen LogP contribution is 2.45. The van der Waals surface area contributed by atoms with Gasteiger partial charge >= 0.3 is 0 Å². The minimum Gasteiger partial charge on any atom is -0.0616 e. The molecule has 0 saturated carbocycles. The Morgan fingerprint density at radius 1 is 0.333 bits per heavy atom. The van der Waals surface area contributed by atoms with Crippen LogP contribution in [0.15, 0.2) is 152 Å². The van der Waals surface area contributed by atoms with Gasteiger partial charge in [-0.2, -0.15) is 0 Å². The van der Waals surface area contributed by atoms with Crippen LogP contribution in [0.5, 0.6) is 0 Å². The van der Waals surface area contributed by atoms with E-state index in [1.165, 1.54) is 82.0 Å². The molecule has 42 heavy (non-hydrogen) atoms. The van der Waals surface area contributed by atoms with Crippen LogP contribution in [0.4, 0.5) is 0 Å². The number of aryl methyl sites for hydroxylation is 1. The summed E-state index contributed by atoms with van der Waals surface area (Å²) in [5, 5.41) is 10.2. The molecule has 0 heterocycles. The Labute approximate surface area is 246 Å². The van der Waals surface area contributed by atoms with Crippen molar-refractivity contribution in [1.29, 1.82) is 0 Å². The normalized spacial score (nSPS) is 11.5. The van der Waals surface area contributed by atoms with E-state index in [0.29, 0.717) is 0 Å². The van der Waals surface area contributed by atoms with Crippen molar-refractivity contribution in [3.63, 3.8) is 0 Å². The second-order valence-corrected chi connectivity index (χ2v) is 11.2. The van der Waals surface area contributed by atoms with Crippen LogP contribution in [0, 0.1) is 0 Å². The van der Waals surface area contributed by atoms with Crippen molar-refractivity contribution in [1.82, 2.24) is 0 Å². The van der Waals surface area contributed by atoms with Crippen molar-refractivity contribution in [3.8, 4) is 33.4 Å². The van der Waals surface area contributed by atoms with Gasteiger partial charge in [0.25, 0.3) is 0 Å². The highest BCUT2D eigenvalue weighted by Gasteiger charge is 2.18. The number of hydrogen-bond donors (Lipinski definition) is 0. The quantitative estimate of drug-likeness (QED) is 0.197. The van der Waals surface area contributed by atoms with Gasteiger partial charge in [0.1, 0.15) is 0 Å². The lowest BCUT2D eigenvalue weighted by atomic mass is 9.84. The van der Waals surface area contributed by atoms with Crippen LogP contribution in [0.2, 0.25) is 0 Å². The van der Waals surface area contributed by atoms with Crippen LogP contribution >= 0.6 is 0 Å². The van der Waals surface area contributed by atoms with E-state index in [1.807, 2.05) is 0 Å². The van der Waals surface area contributed by atoms with E-state index < -0.39 is 0 Å². The lowest BCUT2D eigenvalue weighted by molar-refractivity contribution is 1.14. The Morgan fingerprint density at radius 3 is 1.36 bits per heavy atom. The van der Waals surface area contributed by atoms with E-state index >= 15 is 0 Å². The van der Waals surface area contributed by atoms with Crippen LogP contribution in [-0.2, 0) is 6.42 Å². The molecule has 8 aromatic carbocycles. The molecule has 0 heteroatoms. The zero-order valence-corrected chi connectivity index (χ0v) is 23.6. The van der Waals surface area contributed by atoms with Gasteiger partial charge in [-0.1, -0.05) is 140 Å². The fourth-order valence-corrected chi connectivity index (χ4v) is 6.60. The van der Waals surface area contributed by atoms with Crippen molar-refractivity contribution in [2.75, 3.05) is 0 Å². The van der Waals surface area contributed by atoms with Crippen molar-refractivity contribution in [2.24, 2.45) is 0 Å². The van der Waals surface area contributed by atoms with Gasteiger partial charge < -0.3 is 0 Å². The molecule has 0 aliphatic carbocycles. The SMILES string of the molecule is CCc1ccc(-c2ccc3c(-c4ccc5ccccc5c4)c4ccccc4c(-c4ccc5ccccc5c4)c3c2)cc1. The molecule has 0 saturated heterocycles. The Bertz CT molecular complexity index is 2270. The molecule has 0 aromatic heterocycles. The smallest absolute Gasteiger partial charge is 0.00259 e. The maximum Gasteiger partial charge on any atom is -0.00259 e. The molecule has 0 atom stereocenters. The van der Waals surface area contributed by atoms with Crippen LogP contribution in [0.1, 0.15) is 12.5 Å². The zero-order chi connectivity index (χ0) is 28.0. The maximum absolute atomic E-state index is 2.41. The molecule has 0 aliphatic heterocycles. The van der Waals surface area contributed by atoms with Crippen LogP contribution < -0.4 is 0 Å². The third kappa shape index (κ3) is 4.07. The molecule has 0 unspecified atom stereocenters. The minimum atomic E-state index is 1.05. The van der Waals surface area contributed by atoms with Crippen molar-refractivity contribution in [3.05, 3.63) is 157 Å². The van der Waals surface area contributed by atoms with E-state index in [0.717, 1.165) is 6.42 Å². The number of rotatable bonds is 4. The lowest BCUT2D eigenvalue weighted by Gasteiger charge is -2.19. The average molecular weight is 535 g/mol. The first kappa shape index (κ1) is 24.6. The molecule has 8 aromatic rings. The van der Waals surface area contributed by atoms with Crippen molar-refractivity contribution < 1.29 is 0 Å². The highest BCUT2D eigenvalue weighted by atomic mass is 14.2. The predicted octanol–water partition coefficient (Wildman–Crippen LogP) is 11.9. The molecule has 0 nitrogen and oxygen atoms in total. The molecule has 0 N–H and O–H groups in total. The van der Waals surface area contributed by atoms with E-state index in [9.17, 15) is 0 Å². The largest absolute Gasteiger partial charge is 0.0616 e. The van der Waals surface area contributed by atoms with Crippen molar-refractivity contribution in [2.45, 2.75) is 13.3 Å². The summed E-state index contributed by atoms with van der Waals surface area (Å²) in [7, 11) is 0. The Balaban J connectivity index is 1.48. The highest BCUT2D eigenvalue weighted by molar-refractivity contribution is 6.22. The molecule has 0 amide bonds. The fourth-order valence-electron chi connectivity index (χ4n) is 6.60. The molecular weight excluding hydrogens is 504 g/mol. The van der Waals surface area contributed by atoms with E-state index in [2.05, 4.69) is 159 Å². The lowest BCUT2D eigenvalue weighted by Crippen LogP contribution is -1.92. The second-order valence-electron chi connectivity index (χ2n) is 11.2. The predicted molar refractivity (Wildman–Crippen MR) is 182 cm³/mol. The van der Waals surface area contributed by atoms with Crippen LogP contribution in [-0.4, -0.2) is 0 Å². The van der Waals surface area contributed by atoms with Crippen molar-refractivity contribution >= 4 is 43.1 Å². The summed E-state index contributed by atoms with van der Waals surface area (Å²) >= 11 is 0. The number of benzene rings is 8. The molecule has 0 radical (unpaired) electrons. The summed E-state index contributed by atoms with van der Waals surface area (Å²) in [5.74, 6) is 0. The summed E-state index contributed by atoms with van der Waals surface area (Å²) in [5.41, 5.74) is 8.94. The van der Waals surface area contributed by atoms with Gasteiger partial charge in [-0.15, -0.1) is 0 Å². The summed E-state index contributed by atoms with van der Waals surface area (Å²) in [4.78, 5) is 0. The van der Waals surface area contributed by atoms with Gasteiger partial charge in [0.05, 0.1) is 0 Å². The molecule has 0 fully saturated rings. The third-order valence-electron chi connectivity index (χ3n) is 8.80. The maximum atomic E-state index is 2.41. The van der Waals surface area contributed by atoms with E-state index in [-0.39, 0.29) is 0 Å². The molecule has 8 rings (SSSR count). The molecular formula is C42H30. The Morgan fingerprint density at radius 2 is 0.786 bits per heavy atom. The summed E-state index contributed by atoms with van der Waals surface area (Å²) in [6, 6.07) is 56.1. The average Bonchev–Trinajstić information content (AvgIpc) is 3.06. The van der Waals surface area contributed by atoms with Gasteiger partial charge in [0.2, 0.25) is 0 Å². The first-order valence-corrected chi connectivity index (χ1v) is 14.8. The zero-order valence-electron chi connectivity index (χ0n) is 23.6. The first-order chi connectivity index (χ1) is 20.8. The molecule has 0 aliphatic rings. The Kier molecular flexibility index (Phi) is 5.86. The topological polar surface area (TPSA) is 0 Å². The Hall–Kier alpha value is -5.20. The summed E-state index contributed by atoms with van der Waals surface area (Å²) in [6.45, 7) is 2.21. The summed E-state index contributed by atoms with van der Waals surface area (Å²) < 4.78 is 0. The van der Waals surface area contributed by atoms with Gasteiger partial charge in [-0.05, 0) is 107 Å². The van der Waals surface area contributed by atoms with Gasteiger partial charge in [0, 0.05) is 0 Å². The van der Waals surface area contributed by atoms with Crippen LogP contribution in [0.3, 0.4) is 0 Å². The minimum absolute atomic E-state index is 1.05. The molecule has 198 valence electrons. The van der Waals surface area contributed by atoms with Gasteiger partial charge in [-0.3, -0.25) is 0 Å². The fraction of sp³-hybridized carbons (Fsp3) is 0.0476. The van der Waals surface area contributed by atoms with E-state index in [4.69, 9.17) is 0 Å². The van der Waals surface area contributed by atoms with Gasteiger partial charge in [0.15, 0.2) is 0 Å². The first-order valence-electron chi connectivity index (χ1n) is 14.8. The number of fused-ring (bicyclic) bond motifs is 4.